The summed E-state index contributed by atoms with van der Waals surface area (Å²) in [6.45, 7) is 0.295. The van der Waals surface area contributed by atoms with Crippen LogP contribution in [0.2, 0.25) is 5.02 Å². The van der Waals surface area contributed by atoms with E-state index in [1.54, 1.807) is 13.1 Å². The van der Waals surface area contributed by atoms with Gasteiger partial charge in [0.1, 0.15) is 0 Å². The normalized spacial score (nSPS) is 10.7. The fourth-order valence-electron chi connectivity index (χ4n) is 4.70. The zero-order valence-electron chi connectivity index (χ0n) is 22.2. The summed E-state index contributed by atoms with van der Waals surface area (Å²) in [5.41, 5.74) is 8.55. The monoisotopic (exact) mass is 544 g/mol. The number of hydrogen-bond acceptors (Lipinski definition) is 2. The molecule has 0 unspecified atom stereocenters. The molecule has 5 aromatic rings. The maximum atomic E-state index is 13.1. The molecule has 0 saturated heterocycles. The van der Waals surface area contributed by atoms with Crippen LogP contribution >= 0.6 is 11.6 Å². The van der Waals surface area contributed by atoms with Gasteiger partial charge in [0.05, 0.1) is 17.0 Å². The highest BCUT2D eigenvalue weighted by atomic mass is 35.5. The first-order valence-electron chi connectivity index (χ1n) is 13.1. The van der Waals surface area contributed by atoms with Gasteiger partial charge in [-0.1, -0.05) is 103 Å². The second kappa shape index (κ2) is 12.5. The number of carbonyl (C=O) groups is 2. The molecular weight excluding hydrogens is 516 g/mol. The summed E-state index contributed by atoms with van der Waals surface area (Å²) in [6, 6.07) is 40.2. The molecule has 5 rings (SSSR count). The summed E-state index contributed by atoms with van der Waals surface area (Å²) in [5.74, 6) is -0.349. The van der Waals surface area contributed by atoms with Gasteiger partial charge in [0.25, 0.3) is 5.91 Å². The van der Waals surface area contributed by atoms with E-state index in [4.69, 9.17) is 11.6 Å². The summed E-state index contributed by atoms with van der Waals surface area (Å²) >= 11 is 6.67. The number of benzene rings is 5. The highest BCUT2D eigenvalue weighted by Crippen LogP contribution is 2.34. The minimum atomic E-state index is -0.269. The molecule has 2 N–H and O–H groups in total. The second-order valence-corrected chi connectivity index (χ2v) is 9.93. The maximum Gasteiger partial charge on any atom is 0.253 e. The zero-order chi connectivity index (χ0) is 27.9. The number of nitrogens with one attached hydrogen (secondary N) is 2. The lowest BCUT2D eigenvalue weighted by Crippen LogP contribution is -2.25. The van der Waals surface area contributed by atoms with Crippen molar-refractivity contribution >= 4 is 23.4 Å². The van der Waals surface area contributed by atoms with Gasteiger partial charge in [0.15, 0.2) is 0 Å². The number of carbonyl (C=O) groups excluding carboxylic acids is 2. The Morgan fingerprint density at radius 2 is 1.12 bits per heavy atom. The summed E-state index contributed by atoms with van der Waals surface area (Å²) < 4.78 is 0. The average molecular weight is 545 g/mol. The molecule has 0 radical (unpaired) electrons. The third kappa shape index (κ3) is 6.31. The number of hydrogen-bond donors (Lipinski definition) is 2. The molecule has 0 aliphatic heterocycles. The molecule has 0 heterocycles. The largest absolute Gasteiger partial charge is 0.359 e. The van der Waals surface area contributed by atoms with E-state index in [1.807, 2.05) is 72.8 Å². The molecular formula is C35H29ClN2O2. The number of likely N-dealkylation sites (N-methyl/N-ethyl adjacent to an activating group) is 1. The van der Waals surface area contributed by atoms with Crippen molar-refractivity contribution in [2.45, 2.75) is 13.0 Å². The predicted octanol–water partition coefficient (Wildman–Crippen LogP) is 7.56. The zero-order valence-corrected chi connectivity index (χ0v) is 22.9. The Labute approximate surface area is 239 Å². The van der Waals surface area contributed by atoms with Crippen LogP contribution in [0.4, 0.5) is 0 Å². The molecule has 0 fully saturated rings. The third-order valence-electron chi connectivity index (χ3n) is 6.88. The number of amides is 2. The smallest absolute Gasteiger partial charge is 0.253 e. The van der Waals surface area contributed by atoms with E-state index >= 15 is 0 Å². The number of halogens is 1. The Bertz CT molecular complexity index is 1590. The Kier molecular flexibility index (Phi) is 8.38. The van der Waals surface area contributed by atoms with E-state index in [0.717, 1.165) is 44.5 Å². The summed E-state index contributed by atoms with van der Waals surface area (Å²) in [7, 11) is 1.61. The van der Waals surface area contributed by atoms with Crippen LogP contribution in [0.3, 0.4) is 0 Å². The molecule has 2 amide bonds. The molecule has 198 valence electrons. The fourth-order valence-corrected chi connectivity index (χ4v) is 4.97. The Balaban J connectivity index is 1.41. The standard InChI is InChI=1S/C35H29ClN2O2/c1-37-34(39)22-26-14-8-9-15-28(26)23-38-35(40)32-17-16-27(21-33(32)36)31-19-29(24-10-4-2-5-11-24)18-30(20-31)25-12-6-3-7-13-25/h2-21H,22-23H2,1H3,(H,37,39)(H,38,40). The van der Waals surface area contributed by atoms with Crippen LogP contribution in [0, 0.1) is 0 Å². The molecule has 0 aromatic heterocycles. The molecule has 0 atom stereocenters. The highest BCUT2D eigenvalue weighted by molar-refractivity contribution is 6.34. The molecule has 0 saturated carbocycles. The van der Waals surface area contributed by atoms with Crippen LogP contribution in [0.1, 0.15) is 21.5 Å². The highest BCUT2D eigenvalue weighted by Gasteiger charge is 2.14. The van der Waals surface area contributed by atoms with Crippen LogP contribution in [-0.4, -0.2) is 18.9 Å². The van der Waals surface area contributed by atoms with Crippen LogP contribution in [0.15, 0.2) is 121 Å². The van der Waals surface area contributed by atoms with E-state index in [0.29, 0.717) is 17.1 Å². The molecule has 5 heteroatoms. The van der Waals surface area contributed by atoms with Crippen LogP contribution in [0.5, 0.6) is 0 Å². The molecule has 40 heavy (non-hydrogen) atoms. The molecule has 0 aliphatic carbocycles. The third-order valence-corrected chi connectivity index (χ3v) is 7.19. The van der Waals surface area contributed by atoms with Crippen molar-refractivity contribution in [3.63, 3.8) is 0 Å². The van der Waals surface area contributed by atoms with Crippen molar-refractivity contribution in [2.75, 3.05) is 7.05 Å². The average Bonchev–Trinajstić information content (AvgIpc) is 3.01. The lowest BCUT2D eigenvalue weighted by molar-refractivity contribution is -0.119. The Morgan fingerprint density at radius 3 is 1.68 bits per heavy atom. The first-order chi connectivity index (χ1) is 19.5. The van der Waals surface area contributed by atoms with Crippen molar-refractivity contribution in [3.8, 4) is 33.4 Å². The SMILES string of the molecule is CNC(=O)Cc1ccccc1CNC(=O)c1ccc(-c2cc(-c3ccccc3)cc(-c3ccccc3)c2)cc1Cl. The van der Waals surface area contributed by atoms with E-state index in [9.17, 15) is 9.59 Å². The van der Waals surface area contributed by atoms with Crippen LogP contribution in [-0.2, 0) is 17.8 Å². The van der Waals surface area contributed by atoms with E-state index < -0.39 is 0 Å². The quantitative estimate of drug-likeness (QED) is 0.212. The van der Waals surface area contributed by atoms with Crippen LogP contribution < -0.4 is 10.6 Å². The van der Waals surface area contributed by atoms with Gasteiger partial charge in [-0.3, -0.25) is 9.59 Å². The summed E-state index contributed by atoms with van der Waals surface area (Å²) in [4.78, 5) is 25.0. The van der Waals surface area contributed by atoms with Crippen molar-refractivity contribution in [3.05, 3.63) is 143 Å². The summed E-state index contributed by atoms with van der Waals surface area (Å²) in [6.07, 6.45) is 0.255. The Morgan fingerprint density at radius 1 is 0.600 bits per heavy atom. The van der Waals surface area contributed by atoms with Gasteiger partial charge in [-0.15, -0.1) is 0 Å². The fraction of sp³-hybridized carbons (Fsp3) is 0.0857. The second-order valence-electron chi connectivity index (χ2n) is 9.53. The lowest BCUT2D eigenvalue weighted by Gasteiger charge is -2.13. The van der Waals surface area contributed by atoms with Gasteiger partial charge in [-0.25, -0.2) is 0 Å². The van der Waals surface area contributed by atoms with E-state index in [-0.39, 0.29) is 18.2 Å². The van der Waals surface area contributed by atoms with Gasteiger partial charge in [-0.2, -0.15) is 0 Å². The van der Waals surface area contributed by atoms with Crippen molar-refractivity contribution < 1.29 is 9.59 Å². The van der Waals surface area contributed by atoms with Gasteiger partial charge in [0.2, 0.25) is 5.91 Å². The van der Waals surface area contributed by atoms with Gasteiger partial charge in [-0.05, 0) is 74.8 Å². The molecule has 0 spiro atoms. The molecule has 0 bridgehead atoms. The number of rotatable bonds is 8. The predicted molar refractivity (Wildman–Crippen MR) is 163 cm³/mol. The minimum absolute atomic E-state index is 0.0795. The topological polar surface area (TPSA) is 58.2 Å². The van der Waals surface area contributed by atoms with Crippen LogP contribution in [0.25, 0.3) is 33.4 Å². The minimum Gasteiger partial charge on any atom is -0.359 e. The van der Waals surface area contributed by atoms with Gasteiger partial charge >= 0.3 is 0 Å². The summed E-state index contributed by atoms with van der Waals surface area (Å²) in [5, 5.41) is 5.97. The van der Waals surface area contributed by atoms with Gasteiger partial charge < -0.3 is 10.6 Å². The van der Waals surface area contributed by atoms with Crippen molar-refractivity contribution in [2.24, 2.45) is 0 Å². The molecule has 0 aliphatic rings. The molecule has 5 aromatic carbocycles. The Hall–Kier alpha value is -4.67. The van der Waals surface area contributed by atoms with Crippen molar-refractivity contribution in [1.29, 1.82) is 0 Å². The lowest BCUT2D eigenvalue weighted by atomic mass is 9.93. The van der Waals surface area contributed by atoms with Crippen molar-refractivity contribution in [1.82, 2.24) is 10.6 Å². The first kappa shape index (κ1) is 26.9. The molecule has 4 nitrogen and oxygen atoms in total. The van der Waals surface area contributed by atoms with E-state index in [1.165, 1.54) is 0 Å². The van der Waals surface area contributed by atoms with Gasteiger partial charge in [0, 0.05) is 13.6 Å². The first-order valence-corrected chi connectivity index (χ1v) is 13.5. The van der Waals surface area contributed by atoms with E-state index in [2.05, 4.69) is 53.1 Å². The maximum absolute atomic E-state index is 13.1.